The van der Waals surface area contributed by atoms with Gasteiger partial charge >= 0.3 is 0 Å². The van der Waals surface area contributed by atoms with Crippen LogP contribution in [0.25, 0.3) is 33.9 Å². The van der Waals surface area contributed by atoms with Crippen molar-refractivity contribution in [2.24, 2.45) is 0 Å². The van der Waals surface area contributed by atoms with Crippen molar-refractivity contribution >= 4 is 23.0 Å². The van der Waals surface area contributed by atoms with E-state index >= 15 is 0 Å². The first-order chi connectivity index (χ1) is 20.1. The maximum Gasteiger partial charge on any atom is 0.229 e. The number of halogens is 1. The van der Waals surface area contributed by atoms with Crippen LogP contribution in [0.2, 0.25) is 5.02 Å². The molecule has 3 aromatic carbocycles. The lowest BCUT2D eigenvalue weighted by molar-refractivity contribution is -0.277. The molecule has 2 heterocycles. The second-order valence-electron chi connectivity index (χ2n) is 10.7. The first-order valence-corrected chi connectivity index (χ1v) is 13.9. The first-order valence-electron chi connectivity index (χ1n) is 13.5. The fourth-order valence-electron chi connectivity index (χ4n) is 4.81. The van der Waals surface area contributed by atoms with Gasteiger partial charge in [-0.2, -0.15) is 0 Å². The van der Waals surface area contributed by atoms with Crippen molar-refractivity contribution in [2.75, 3.05) is 44.6 Å². The van der Waals surface area contributed by atoms with Crippen molar-refractivity contribution in [2.45, 2.75) is 30.7 Å². The van der Waals surface area contributed by atoms with Crippen molar-refractivity contribution in [3.8, 4) is 39.7 Å². The summed E-state index contributed by atoms with van der Waals surface area (Å²) in [4.78, 5) is 12.5. The zero-order valence-corrected chi connectivity index (χ0v) is 24.5. The van der Waals surface area contributed by atoms with E-state index in [1.807, 2.05) is 62.3 Å². The summed E-state index contributed by atoms with van der Waals surface area (Å²) in [6.45, 7) is -0.559. The molecule has 222 valence electrons. The molecule has 1 aromatic heterocycles. The van der Waals surface area contributed by atoms with E-state index in [9.17, 15) is 20.4 Å². The van der Waals surface area contributed by atoms with Gasteiger partial charge in [0.25, 0.3) is 0 Å². The summed E-state index contributed by atoms with van der Waals surface area (Å²) < 4.78 is 11.2. The molecule has 0 unspecified atom stereocenters. The van der Waals surface area contributed by atoms with Gasteiger partial charge < -0.3 is 44.7 Å². The topological polar surface area (TPSA) is 135 Å². The highest BCUT2D eigenvalue weighted by molar-refractivity contribution is 6.32. The Morgan fingerprint density at radius 3 is 1.93 bits per heavy atom. The number of anilines is 2. The van der Waals surface area contributed by atoms with Crippen LogP contribution < -0.4 is 14.5 Å². The highest BCUT2D eigenvalue weighted by atomic mass is 35.5. The molecule has 1 aliphatic rings. The van der Waals surface area contributed by atoms with E-state index in [1.54, 1.807) is 18.2 Å². The van der Waals surface area contributed by atoms with Crippen LogP contribution in [0.5, 0.6) is 5.75 Å². The molecule has 5 atom stereocenters. The third-order valence-electron chi connectivity index (χ3n) is 7.33. The lowest BCUT2D eigenvalue weighted by atomic mass is 9.99. The van der Waals surface area contributed by atoms with Gasteiger partial charge in [0.15, 0.2) is 0 Å². The van der Waals surface area contributed by atoms with E-state index in [0.29, 0.717) is 11.4 Å². The Morgan fingerprint density at radius 2 is 1.38 bits per heavy atom. The number of hydrogen-bond donors (Lipinski definition) is 5. The molecule has 1 saturated heterocycles. The Balaban J connectivity index is 1.48. The largest absolute Gasteiger partial charge is 0.460 e. The lowest BCUT2D eigenvalue weighted by Gasteiger charge is -2.39. The standard InChI is InChI=1S/C31H35ClN4O6/c1-35(2)20-10-5-17(6-11-20)25-26(18-7-12-21(13-8-18)36(3)4)34-30(33-25)19-9-14-23(22(32)15-19)41-31-29(40)28(39)27(38)24(16-37)42-31/h5-15,24,27-29,31,37-40H,16H2,1-4H3,(H,33,34)/t24-,27+,28+,29-,31-/m1/s1. The van der Waals surface area contributed by atoms with Crippen LogP contribution in [0.1, 0.15) is 0 Å². The number of hydrogen-bond acceptors (Lipinski definition) is 9. The monoisotopic (exact) mass is 594 g/mol. The second-order valence-corrected chi connectivity index (χ2v) is 11.1. The minimum absolute atomic E-state index is 0.190. The molecule has 1 aliphatic heterocycles. The number of aromatic amines is 1. The summed E-state index contributed by atoms with van der Waals surface area (Å²) in [6.07, 6.45) is -7.03. The van der Waals surface area contributed by atoms with Gasteiger partial charge in [0, 0.05) is 56.3 Å². The maximum atomic E-state index is 10.3. The predicted molar refractivity (Wildman–Crippen MR) is 163 cm³/mol. The van der Waals surface area contributed by atoms with E-state index in [-0.39, 0.29) is 10.8 Å². The highest BCUT2D eigenvalue weighted by Crippen LogP contribution is 2.37. The zero-order valence-electron chi connectivity index (χ0n) is 23.8. The van der Waals surface area contributed by atoms with Gasteiger partial charge in [-0.05, 0) is 42.5 Å². The van der Waals surface area contributed by atoms with Crippen LogP contribution in [-0.2, 0) is 4.74 Å². The molecule has 10 nitrogen and oxygen atoms in total. The number of nitrogens with one attached hydrogen (secondary N) is 1. The van der Waals surface area contributed by atoms with Gasteiger partial charge in [0.1, 0.15) is 36.0 Å². The fraction of sp³-hybridized carbons (Fsp3) is 0.323. The average molecular weight is 595 g/mol. The van der Waals surface area contributed by atoms with Crippen LogP contribution in [0.15, 0.2) is 66.7 Å². The molecule has 0 spiro atoms. The summed E-state index contributed by atoms with van der Waals surface area (Å²) >= 11 is 6.58. The number of H-pyrrole nitrogens is 1. The first kappa shape index (κ1) is 29.8. The predicted octanol–water partition coefficient (Wildman–Crippen LogP) is 3.37. The third-order valence-corrected chi connectivity index (χ3v) is 7.63. The van der Waals surface area contributed by atoms with Crippen molar-refractivity contribution in [1.29, 1.82) is 0 Å². The number of aromatic nitrogens is 2. The van der Waals surface area contributed by atoms with Gasteiger partial charge in [-0.25, -0.2) is 4.98 Å². The van der Waals surface area contributed by atoms with E-state index in [4.69, 9.17) is 26.1 Å². The van der Waals surface area contributed by atoms with Crippen molar-refractivity contribution in [3.05, 3.63) is 71.8 Å². The van der Waals surface area contributed by atoms with E-state index < -0.39 is 37.3 Å². The van der Waals surface area contributed by atoms with Gasteiger partial charge in [0.05, 0.1) is 23.0 Å². The number of imidazole rings is 1. The summed E-state index contributed by atoms with van der Waals surface area (Å²) in [5.41, 5.74) is 6.41. The van der Waals surface area contributed by atoms with E-state index in [0.717, 1.165) is 33.9 Å². The minimum Gasteiger partial charge on any atom is -0.460 e. The maximum absolute atomic E-state index is 10.3. The Hall–Kier alpha value is -3.64. The van der Waals surface area contributed by atoms with Crippen molar-refractivity contribution in [3.63, 3.8) is 0 Å². The smallest absolute Gasteiger partial charge is 0.229 e. The minimum atomic E-state index is -1.56. The third kappa shape index (κ3) is 5.96. The molecule has 4 aromatic rings. The molecule has 42 heavy (non-hydrogen) atoms. The molecule has 1 fully saturated rings. The van der Waals surface area contributed by atoms with Crippen LogP contribution >= 0.6 is 11.6 Å². The SMILES string of the molecule is CN(C)c1ccc(-c2nc(-c3ccc(O[C@@H]4O[C@H](CO)[C@H](O)[C@H](O)[C@H]4O)c(Cl)c3)[nH]c2-c2ccc(N(C)C)cc2)cc1. The van der Waals surface area contributed by atoms with Crippen LogP contribution in [0, 0.1) is 0 Å². The molecular weight excluding hydrogens is 560 g/mol. The Morgan fingerprint density at radius 1 is 0.810 bits per heavy atom. The Labute approximate surface area is 249 Å². The molecule has 0 aliphatic carbocycles. The van der Waals surface area contributed by atoms with E-state index in [1.165, 1.54) is 0 Å². The fourth-order valence-corrected chi connectivity index (χ4v) is 5.03. The molecule has 5 N–H and O–H groups in total. The highest BCUT2D eigenvalue weighted by Gasteiger charge is 2.44. The number of rotatable bonds is 8. The van der Waals surface area contributed by atoms with Gasteiger partial charge in [-0.15, -0.1) is 0 Å². The number of nitrogens with zero attached hydrogens (tertiary/aromatic N) is 3. The van der Waals surface area contributed by atoms with Crippen LogP contribution in [0.4, 0.5) is 11.4 Å². The van der Waals surface area contributed by atoms with Crippen LogP contribution in [0.3, 0.4) is 0 Å². The van der Waals surface area contributed by atoms with Crippen LogP contribution in [-0.4, -0.2) is 95.9 Å². The van der Waals surface area contributed by atoms with Gasteiger partial charge in [0.2, 0.25) is 6.29 Å². The normalized spacial score (nSPS) is 22.2. The zero-order chi connectivity index (χ0) is 30.1. The Kier molecular flexibility index (Phi) is 8.74. The van der Waals surface area contributed by atoms with Crippen molar-refractivity contribution < 1.29 is 29.9 Å². The number of aliphatic hydroxyl groups is 4. The number of aliphatic hydroxyl groups excluding tert-OH is 4. The van der Waals surface area contributed by atoms with Gasteiger partial charge in [-0.1, -0.05) is 35.9 Å². The molecule has 0 saturated carbocycles. The summed E-state index contributed by atoms with van der Waals surface area (Å²) in [5, 5.41) is 40.1. The summed E-state index contributed by atoms with van der Waals surface area (Å²) in [7, 11) is 7.98. The number of ether oxygens (including phenoxy) is 2. The second kappa shape index (κ2) is 12.3. The van der Waals surface area contributed by atoms with Gasteiger partial charge in [-0.3, -0.25) is 0 Å². The average Bonchev–Trinajstić information content (AvgIpc) is 3.44. The molecule has 11 heteroatoms. The lowest BCUT2D eigenvalue weighted by Crippen LogP contribution is -2.60. The Bertz CT molecular complexity index is 1440. The summed E-state index contributed by atoms with van der Waals surface area (Å²) in [6, 6.07) is 21.4. The summed E-state index contributed by atoms with van der Waals surface area (Å²) in [5.74, 6) is 0.782. The molecule has 0 bridgehead atoms. The number of benzene rings is 3. The van der Waals surface area contributed by atoms with Crippen molar-refractivity contribution in [1.82, 2.24) is 9.97 Å². The molecular formula is C31H35ClN4O6. The molecule has 5 rings (SSSR count). The molecule has 0 radical (unpaired) electrons. The van der Waals surface area contributed by atoms with E-state index in [2.05, 4.69) is 29.2 Å². The molecule has 0 amide bonds. The quantitative estimate of drug-likeness (QED) is 0.208.